The van der Waals surface area contributed by atoms with Gasteiger partial charge in [-0.15, -0.1) is 18.2 Å². The van der Waals surface area contributed by atoms with Crippen LogP contribution in [0.2, 0.25) is 0 Å². The second-order valence-electron chi connectivity index (χ2n) is 4.75. The molecule has 0 saturated heterocycles. The van der Waals surface area contributed by atoms with Gasteiger partial charge in [0.1, 0.15) is 0 Å². The third-order valence-electron chi connectivity index (χ3n) is 3.03. The van der Waals surface area contributed by atoms with E-state index in [1.165, 1.54) is 23.3 Å². The van der Waals surface area contributed by atoms with Gasteiger partial charge in [0.25, 0.3) is 0 Å². The van der Waals surface area contributed by atoms with Gasteiger partial charge in [-0.2, -0.15) is 0 Å². The number of hydrogen-bond acceptors (Lipinski definition) is 2. The summed E-state index contributed by atoms with van der Waals surface area (Å²) in [6, 6.07) is 8.34. The van der Waals surface area contributed by atoms with Crippen molar-refractivity contribution < 1.29 is 4.79 Å². The van der Waals surface area contributed by atoms with E-state index in [4.69, 9.17) is 6.42 Å². The molecule has 0 aliphatic rings. The third kappa shape index (κ3) is 6.55. The Kier molecular flexibility index (Phi) is 8.38. The van der Waals surface area contributed by atoms with E-state index >= 15 is 0 Å². The molecule has 1 aromatic carbocycles. The molecule has 21 heavy (non-hydrogen) atoms. The zero-order chi connectivity index (χ0) is 15.5. The van der Waals surface area contributed by atoms with Crippen molar-refractivity contribution in [2.75, 3.05) is 18.8 Å². The normalized spacial score (nSPS) is 10.5. The molecular formula is C18H23NOS. The molecule has 0 fully saturated rings. The Balaban J connectivity index is 2.66. The van der Waals surface area contributed by atoms with Crippen molar-refractivity contribution in [3.05, 3.63) is 35.9 Å². The lowest BCUT2D eigenvalue weighted by Gasteiger charge is -2.15. The maximum Gasteiger partial charge on any atom is 0.220 e. The molecule has 1 rings (SSSR count). The second-order valence-corrected chi connectivity index (χ2v) is 5.88. The molecule has 0 saturated carbocycles. The Morgan fingerprint density at radius 3 is 2.86 bits per heavy atom. The monoisotopic (exact) mass is 301 g/mol. The summed E-state index contributed by atoms with van der Waals surface area (Å²) in [4.78, 5) is 14.3. The number of rotatable bonds is 8. The van der Waals surface area contributed by atoms with Gasteiger partial charge in [-0.1, -0.05) is 49.6 Å². The molecule has 0 aliphatic carbocycles. The fourth-order valence-corrected chi connectivity index (χ4v) is 2.93. The number of thioether (sulfide) groups is 1. The molecular weight excluding hydrogens is 278 g/mol. The highest BCUT2D eigenvalue weighted by Crippen LogP contribution is 2.24. The highest BCUT2D eigenvalue weighted by Gasteiger charge is 2.04. The molecule has 0 bridgehead atoms. The number of carbonyl (C=O) groups excluding carboxylic acids is 1. The number of carbonyl (C=O) groups is 1. The summed E-state index contributed by atoms with van der Waals surface area (Å²) < 4.78 is 0. The van der Waals surface area contributed by atoms with Gasteiger partial charge < -0.3 is 4.90 Å². The van der Waals surface area contributed by atoms with Crippen LogP contribution in [0.5, 0.6) is 0 Å². The second kappa shape index (κ2) is 10.1. The van der Waals surface area contributed by atoms with E-state index in [1.807, 2.05) is 23.9 Å². The van der Waals surface area contributed by atoms with Gasteiger partial charge >= 0.3 is 0 Å². The van der Waals surface area contributed by atoms with Crippen LogP contribution < -0.4 is 0 Å². The zero-order valence-electron chi connectivity index (χ0n) is 12.8. The molecule has 0 N–H and O–H groups in total. The Bertz CT molecular complexity index is 516. The zero-order valence-corrected chi connectivity index (χ0v) is 13.7. The maximum absolute atomic E-state index is 11.4. The SMILES string of the molecule is C#CCN(CC=Cc1ccccc1SCCCC)C(C)=O. The first-order valence-corrected chi connectivity index (χ1v) is 8.25. The van der Waals surface area contributed by atoms with E-state index in [2.05, 4.69) is 37.1 Å². The van der Waals surface area contributed by atoms with Gasteiger partial charge in [0.2, 0.25) is 5.91 Å². The van der Waals surface area contributed by atoms with Gasteiger partial charge in [0.05, 0.1) is 6.54 Å². The molecule has 3 heteroatoms. The number of nitrogens with zero attached hydrogens (tertiary/aromatic N) is 1. The summed E-state index contributed by atoms with van der Waals surface area (Å²) >= 11 is 1.88. The topological polar surface area (TPSA) is 20.3 Å². The van der Waals surface area contributed by atoms with Crippen LogP contribution >= 0.6 is 11.8 Å². The molecule has 0 spiro atoms. The van der Waals surface area contributed by atoms with E-state index in [0.717, 1.165) is 5.75 Å². The van der Waals surface area contributed by atoms with Gasteiger partial charge in [-0.25, -0.2) is 0 Å². The Labute approximate surface area is 132 Å². The average molecular weight is 301 g/mol. The largest absolute Gasteiger partial charge is 0.328 e. The van der Waals surface area contributed by atoms with Crippen molar-refractivity contribution in [3.63, 3.8) is 0 Å². The van der Waals surface area contributed by atoms with Crippen molar-refractivity contribution in [2.45, 2.75) is 31.6 Å². The molecule has 0 heterocycles. The lowest BCUT2D eigenvalue weighted by atomic mass is 10.2. The van der Waals surface area contributed by atoms with Crippen molar-refractivity contribution in [1.82, 2.24) is 4.90 Å². The van der Waals surface area contributed by atoms with Crippen LogP contribution in [-0.4, -0.2) is 29.6 Å². The number of unbranched alkanes of at least 4 members (excludes halogenated alkanes) is 1. The highest BCUT2D eigenvalue weighted by atomic mass is 32.2. The summed E-state index contributed by atoms with van der Waals surface area (Å²) in [5, 5.41) is 0. The smallest absolute Gasteiger partial charge is 0.220 e. The fourth-order valence-electron chi connectivity index (χ4n) is 1.80. The molecule has 0 radical (unpaired) electrons. The first-order chi connectivity index (χ1) is 10.2. The molecule has 0 unspecified atom stereocenters. The van der Waals surface area contributed by atoms with Crippen LogP contribution in [0.25, 0.3) is 6.08 Å². The minimum Gasteiger partial charge on any atom is -0.328 e. The molecule has 0 aliphatic heterocycles. The Morgan fingerprint density at radius 1 is 1.43 bits per heavy atom. The molecule has 2 nitrogen and oxygen atoms in total. The fraction of sp³-hybridized carbons (Fsp3) is 0.389. The maximum atomic E-state index is 11.4. The van der Waals surface area contributed by atoms with Gasteiger partial charge in [-0.3, -0.25) is 4.79 Å². The third-order valence-corrected chi connectivity index (χ3v) is 4.20. The molecule has 1 aromatic rings. The van der Waals surface area contributed by atoms with E-state index in [9.17, 15) is 4.79 Å². The van der Waals surface area contributed by atoms with Crippen LogP contribution in [0.15, 0.2) is 35.2 Å². The van der Waals surface area contributed by atoms with Crippen LogP contribution in [0.1, 0.15) is 32.3 Å². The minimum atomic E-state index is 0.00297. The number of amides is 1. The molecule has 1 amide bonds. The summed E-state index contributed by atoms with van der Waals surface area (Å²) in [6.07, 6.45) is 11.8. The summed E-state index contributed by atoms with van der Waals surface area (Å²) in [5.41, 5.74) is 1.20. The lowest BCUT2D eigenvalue weighted by Crippen LogP contribution is -2.29. The van der Waals surface area contributed by atoms with Crippen LogP contribution in [0, 0.1) is 12.3 Å². The van der Waals surface area contributed by atoms with Gasteiger partial charge in [0.15, 0.2) is 0 Å². The highest BCUT2D eigenvalue weighted by molar-refractivity contribution is 7.99. The summed E-state index contributed by atoms with van der Waals surface area (Å²) in [5.74, 6) is 3.65. The Morgan fingerprint density at radius 2 is 2.19 bits per heavy atom. The first kappa shape index (κ1) is 17.4. The van der Waals surface area contributed by atoms with E-state index in [0.29, 0.717) is 13.1 Å². The summed E-state index contributed by atoms with van der Waals surface area (Å²) in [7, 11) is 0. The van der Waals surface area contributed by atoms with Crippen molar-refractivity contribution >= 4 is 23.7 Å². The standard InChI is InChI=1S/C18H23NOS/c1-4-6-15-21-18-12-8-7-10-17(18)11-9-14-19(13-5-2)16(3)20/h2,7-12H,4,6,13-15H2,1,3H3. The van der Waals surface area contributed by atoms with Crippen LogP contribution in [-0.2, 0) is 4.79 Å². The quantitative estimate of drug-likeness (QED) is 0.410. The molecule has 0 aromatic heterocycles. The number of hydrogen-bond donors (Lipinski definition) is 0. The first-order valence-electron chi connectivity index (χ1n) is 7.26. The van der Waals surface area contributed by atoms with Crippen molar-refractivity contribution in [3.8, 4) is 12.3 Å². The Hall–Kier alpha value is -1.66. The number of terminal acetylenes is 1. The minimum absolute atomic E-state index is 0.00297. The molecule has 0 atom stereocenters. The van der Waals surface area contributed by atoms with E-state index < -0.39 is 0 Å². The predicted molar refractivity (Wildman–Crippen MR) is 92.2 cm³/mol. The van der Waals surface area contributed by atoms with Crippen LogP contribution in [0.4, 0.5) is 0 Å². The van der Waals surface area contributed by atoms with E-state index in [1.54, 1.807) is 11.8 Å². The average Bonchev–Trinajstić information content (AvgIpc) is 2.48. The van der Waals surface area contributed by atoms with Gasteiger partial charge in [-0.05, 0) is 23.8 Å². The van der Waals surface area contributed by atoms with Crippen molar-refractivity contribution in [1.29, 1.82) is 0 Å². The van der Waals surface area contributed by atoms with E-state index in [-0.39, 0.29) is 5.91 Å². The predicted octanol–water partition coefficient (Wildman–Crippen LogP) is 4.07. The summed E-state index contributed by atoms with van der Waals surface area (Å²) in [6.45, 7) is 4.65. The van der Waals surface area contributed by atoms with Crippen LogP contribution in [0.3, 0.4) is 0 Å². The number of benzene rings is 1. The van der Waals surface area contributed by atoms with Crippen molar-refractivity contribution in [2.24, 2.45) is 0 Å². The lowest BCUT2D eigenvalue weighted by molar-refractivity contribution is -0.127. The molecule has 112 valence electrons. The van der Waals surface area contributed by atoms with Gasteiger partial charge in [0, 0.05) is 18.4 Å².